The van der Waals surface area contributed by atoms with Crippen LogP contribution in [-0.2, 0) is 16.0 Å². The van der Waals surface area contributed by atoms with Crippen molar-refractivity contribution >= 4 is 54.9 Å². The van der Waals surface area contributed by atoms with Crippen LogP contribution in [0.15, 0.2) is 55.2 Å². The fourth-order valence-corrected chi connectivity index (χ4v) is 3.98. The van der Waals surface area contributed by atoms with Gasteiger partial charge in [-0.15, -0.1) is 0 Å². The van der Waals surface area contributed by atoms with Crippen molar-refractivity contribution in [1.82, 2.24) is 9.66 Å². The lowest BCUT2D eigenvalue weighted by Gasteiger charge is -2.14. The monoisotopic (exact) mass is 577 g/mol. The van der Waals surface area contributed by atoms with Crippen molar-refractivity contribution in [2.75, 3.05) is 6.61 Å². The van der Waals surface area contributed by atoms with Crippen LogP contribution in [0.5, 0.6) is 5.75 Å². The van der Waals surface area contributed by atoms with Crippen LogP contribution in [0.2, 0.25) is 0 Å². The summed E-state index contributed by atoms with van der Waals surface area (Å²) in [6.07, 6.45) is 3.41. The zero-order valence-corrected chi connectivity index (χ0v) is 21.8. The SMILES string of the molecule is CCCCc1nc2ccc(Br)cc2c(=O)n1N=Cc1ccc(O[C@H](C)C(=O)OCC)c(Br)c1. The molecule has 3 rings (SSSR count). The summed E-state index contributed by atoms with van der Waals surface area (Å²) in [5, 5.41) is 4.96. The Hall–Kier alpha value is -2.52. The predicted octanol–water partition coefficient (Wildman–Crippen LogP) is 5.48. The largest absolute Gasteiger partial charge is 0.478 e. The minimum Gasteiger partial charge on any atom is -0.478 e. The van der Waals surface area contributed by atoms with Gasteiger partial charge in [-0.25, -0.2) is 9.78 Å². The van der Waals surface area contributed by atoms with Crippen LogP contribution in [0.25, 0.3) is 10.9 Å². The van der Waals surface area contributed by atoms with E-state index in [1.54, 1.807) is 44.3 Å². The Labute approximate surface area is 209 Å². The van der Waals surface area contributed by atoms with Crippen molar-refractivity contribution in [3.05, 3.63) is 67.1 Å². The summed E-state index contributed by atoms with van der Waals surface area (Å²) >= 11 is 6.88. The van der Waals surface area contributed by atoms with E-state index in [1.165, 1.54) is 4.68 Å². The molecule has 0 aliphatic carbocycles. The molecule has 0 amide bonds. The molecule has 2 aromatic carbocycles. The highest BCUT2D eigenvalue weighted by Crippen LogP contribution is 2.27. The van der Waals surface area contributed by atoms with E-state index < -0.39 is 12.1 Å². The second kappa shape index (κ2) is 11.6. The molecule has 0 fully saturated rings. The Morgan fingerprint density at radius 2 is 2.00 bits per heavy atom. The quantitative estimate of drug-likeness (QED) is 0.248. The van der Waals surface area contributed by atoms with Crippen molar-refractivity contribution in [3.8, 4) is 5.75 Å². The summed E-state index contributed by atoms with van der Waals surface area (Å²) in [6.45, 7) is 5.77. The molecular formula is C24H25Br2N3O4. The number of hydrogen-bond acceptors (Lipinski definition) is 6. The molecule has 174 valence electrons. The number of aryl methyl sites for hydroxylation is 1. The molecule has 0 saturated heterocycles. The number of esters is 1. The molecule has 0 aliphatic heterocycles. The van der Waals surface area contributed by atoms with E-state index in [1.807, 2.05) is 12.1 Å². The van der Waals surface area contributed by atoms with Crippen molar-refractivity contribution in [3.63, 3.8) is 0 Å². The maximum atomic E-state index is 13.2. The predicted molar refractivity (Wildman–Crippen MR) is 136 cm³/mol. The highest BCUT2D eigenvalue weighted by atomic mass is 79.9. The Morgan fingerprint density at radius 3 is 2.70 bits per heavy atom. The maximum Gasteiger partial charge on any atom is 0.347 e. The van der Waals surface area contributed by atoms with Gasteiger partial charge in [-0.3, -0.25) is 4.79 Å². The van der Waals surface area contributed by atoms with Gasteiger partial charge in [0.1, 0.15) is 11.6 Å². The molecule has 7 nitrogen and oxygen atoms in total. The lowest BCUT2D eigenvalue weighted by Crippen LogP contribution is -2.26. The number of ether oxygens (including phenoxy) is 2. The average molecular weight is 579 g/mol. The van der Waals surface area contributed by atoms with Crippen LogP contribution in [-0.4, -0.2) is 34.6 Å². The summed E-state index contributed by atoms with van der Waals surface area (Å²) in [7, 11) is 0. The molecule has 0 unspecified atom stereocenters. The van der Waals surface area contributed by atoms with Crippen molar-refractivity contribution in [1.29, 1.82) is 0 Å². The van der Waals surface area contributed by atoms with Gasteiger partial charge in [-0.1, -0.05) is 29.3 Å². The number of fused-ring (bicyclic) bond motifs is 1. The Balaban J connectivity index is 1.91. The fraction of sp³-hybridized carbons (Fsp3) is 0.333. The zero-order valence-electron chi connectivity index (χ0n) is 18.7. The molecule has 0 radical (unpaired) electrons. The molecule has 1 atom stereocenters. The Bertz CT molecular complexity index is 1240. The lowest BCUT2D eigenvalue weighted by atomic mass is 10.2. The molecule has 0 saturated carbocycles. The van der Waals surface area contributed by atoms with Gasteiger partial charge >= 0.3 is 5.97 Å². The van der Waals surface area contributed by atoms with Gasteiger partial charge in [0.25, 0.3) is 5.56 Å². The molecular weight excluding hydrogens is 554 g/mol. The van der Waals surface area contributed by atoms with Crippen LogP contribution in [0.1, 0.15) is 45.0 Å². The van der Waals surface area contributed by atoms with E-state index in [9.17, 15) is 9.59 Å². The number of nitrogens with zero attached hydrogens (tertiary/aromatic N) is 3. The van der Waals surface area contributed by atoms with Gasteiger partial charge < -0.3 is 9.47 Å². The number of unbranched alkanes of at least 4 members (excludes halogenated alkanes) is 1. The number of aromatic nitrogens is 2. The highest BCUT2D eigenvalue weighted by Gasteiger charge is 2.17. The summed E-state index contributed by atoms with van der Waals surface area (Å²) in [4.78, 5) is 29.7. The lowest BCUT2D eigenvalue weighted by molar-refractivity contribution is -0.150. The average Bonchev–Trinajstić information content (AvgIpc) is 2.79. The number of hydrogen-bond donors (Lipinski definition) is 0. The van der Waals surface area contributed by atoms with Crippen LogP contribution < -0.4 is 10.3 Å². The summed E-state index contributed by atoms with van der Waals surface area (Å²) in [6, 6.07) is 10.8. The Kier molecular flexibility index (Phi) is 8.80. The maximum absolute atomic E-state index is 13.2. The minimum atomic E-state index is -0.733. The third-order valence-corrected chi connectivity index (χ3v) is 5.94. The van der Waals surface area contributed by atoms with E-state index in [4.69, 9.17) is 9.47 Å². The van der Waals surface area contributed by atoms with Crippen LogP contribution in [0.4, 0.5) is 0 Å². The van der Waals surface area contributed by atoms with E-state index >= 15 is 0 Å². The minimum absolute atomic E-state index is 0.217. The Morgan fingerprint density at radius 1 is 1.21 bits per heavy atom. The zero-order chi connectivity index (χ0) is 24.0. The number of benzene rings is 2. The van der Waals surface area contributed by atoms with E-state index in [2.05, 4.69) is 48.9 Å². The first-order chi connectivity index (χ1) is 15.8. The van der Waals surface area contributed by atoms with Gasteiger partial charge in [0.15, 0.2) is 6.10 Å². The number of halogens is 2. The second-order valence-electron chi connectivity index (χ2n) is 7.36. The standard InChI is InChI=1S/C24H25Br2N3O4/c1-4-6-7-22-28-20-10-9-17(25)13-18(20)23(30)29(22)27-14-16-8-11-21(19(26)12-16)33-15(3)24(31)32-5-2/h8-15H,4-7H2,1-3H3/t15-/m1/s1. The van der Waals surface area contributed by atoms with E-state index in [0.29, 0.717) is 40.0 Å². The van der Waals surface area contributed by atoms with Crippen LogP contribution in [0.3, 0.4) is 0 Å². The third-order valence-electron chi connectivity index (χ3n) is 4.83. The molecule has 1 aromatic heterocycles. The molecule has 1 heterocycles. The van der Waals surface area contributed by atoms with E-state index in [0.717, 1.165) is 22.9 Å². The first kappa shape index (κ1) is 25.1. The first-order valence-corrected chi connectivity index (χ1v) is 12.3. The van der Waals surface area contributed by atoms with Crippen molar-refractivity contribution in [2.24, 2.45) is 5.10 Å². The number of carbonyl (C=O) groups is 1. The normalized spacial score (nSPS) is 12.3. The second-order valence-corrected chi connectivity index (χ2v) is 9.13. The smallest absolute Gasteiger partial charge is 0.347 e. The molecule has 3 aromatic rings. The fourth-order valence-electron chi connectivity index (χ4n) is 3.13. The molecule has 0 aliphatic rings. The molecule has 0 N–H and O–H groups in total. The van der Waals surface area contributed by atoms with Gasteiger partial charge in [-0.05, 0) is 78.2 Å². The summed E-state index contributed by atoms with van der Waals surface area (Å²) in [5.74, 6) is 0.699. The van der Waals surface area contributed by atoms with Gasteiger partial charge in [-0.2, -0.15) is 9.78 Å². The van der Waals surface area contributed by atoms with Crippen LogP contribution in [0, 0.1) is 0 Å². The van der Waals surface area contributed by atoms with Crippen molar-refractivity contribution in [2.45, 2.75) is 46.1 Å². The number of rotatable bonds is 9. The summed E-state index contributed by atoms with van der Waals surface area (Å²) in [5.41, 5.74) is 1.19. The van der Waals surface area contributed by atoms with Gasteiger partial charge in [0.2, 0.25) is 0 Å². The van der Waals surface area contributed by atoms with Gasteiger partial charge in [0, 0.05) is 10.9 Å². The first-order valence-electron chi connectivity index (χ1n) is 10.7. The van der Waals surface area contributed by atoms with Gasteiger partial charge in [0.05, 0.1) is 28.2 Å². The molecule has 0 spiro atoms. The van der Waals surface area contributed by atoms with E-state index in [-0.39, 0.29) is 5.56 Å². The van der Waals surface area contributed by atoms with Crippen molar-refractivity contribution < 1.29 is 14.3 Å². The highest BCUT2D eigenvalue weighted by molar-refractivity contribution is 9.10. The molecule has 0 bridgehead atoms. The third kappa shape index (κ3) is 6.29. The molecule has 33 heavy (non-hydrogen) atoms. The number of carbonyl (C=O) groups excluding carboxylic acids is 1. The topological polar surface area (TPSA) is 82.8 Å². The summed E-state index contributed by atoms with van der Waals surface area (Å²) < 4.78 is 13.5. The van der Waals surface area contributed by atoms with Crippen LogP contribution >= 0.6 is 31.9 Å². The molecule has 9 heteroatoms.